The molecule has 0 aromatic carbocycles. The second-order valence-corrected chi connectivity index (χ2v) is 9.24. The molecule has 8 heteroatoms. The maximum Gasteiger partial charge on any atom is 0.237 e. The first-order valence-electron chi connectivity index (χ1n) is 9.94. The summed E-state index contributed by atoms with van der Waals surface area (Å²) in [5, 5.41) is 33.8. The summed E-state index contributed by atoms with van der Waals surface area (Å²) in [7, 11) is 1.97. The molecule has 2 heterocycles. The molecule has 0 bridgehead atoms. The van der Waals surface area contributed by atoms with Crippen LogP contribution >= 0.6 is 11.8 Å². The summed E-state index contributed by atoms with van der Waals surface area (Å²) in [6.45, 7) is 6.97. The highest BCUT2D eigenvalue weighted by Crippen LogP contribution is 2.31. The van der Waals surface area contributed by atoms with Gasteiger partial charge in [0, 0.05) is 6.54 Å². The average Bonchev–Trinajstić information content (AvgIpc) is 2.99. The molecule has 0 aromatic heterocycles. The van der Waals surface area contributed by atoms with Gasteiger partial charge in [0.25, 0.3) is 0 Å². The Morgan fingerprint density at radius 3 is 2.48 bits per heavy atom. The molecule has 2 aliphatic rings. The molecule has 27 heavy (non-hydrogen) atoms. The van der Waals surface area contributed by atoms with Gasteiger partial charge in [-0.3, -0.25) is 9.69 Å². The molecule has 7 nitrogen and oxygen atoms in total. The third-order valence-corrected chi connectivity index (χ3v) is 6.71. The first-order chi connectivity index (χ1) is 12.7. The number of nitrogens with zero attached hydrogens (tertiary/aromatic N) is 1. The molecule has 2 saturated heterocycles. The first-order valence-corrected chi connectivity index (χ1v) is 11.2. The minimum Gasteiger partial charge on any atom is -0.388 e. The smallest absolute Gasteiger partial charge is 0.237 e. The largest absolute Gasteiger partial charge is 0.388 e. The van der Waals surface area contributed by atoms with Gasteiger partial charge in [-0.2, -0.15) is 0 Å². The number of aliphatic hydroxyl groups is 3. The summed E-state index contributed by atoms with van der Waals surface area (Å²) < 4.78 is 5.88. The maximum atomic E-state index is 13.0. The Kier molecular flexibility index (Phi) is 8.39. The fraction of sp³-hybridized carbons (Fsp3) is 0.947. The lowest BCUT2D eigenvalue weighted by Crippen LogP contribution is -2.64. The summed E-state index contributed by atoms with van der Waals surface area (Å²) in [5.74, 6) is 0.464. The van der Waals surface area contributed by atoms with E-state index in [1.807, 2.05) is 20.9 Å². The quantitative estimate of drug-likeness (QED) is 0.488. The van der Waals surface area contributed by atoms with Crippen molar-refractivity contribution in [3.05, 3.63) is 0 Å². The number of carbonyl (C=O) groups is 1. The monoisotopic (exact) mass is 404 g/mol. The molecule has 0 saturated carbocycles. The number of nitrogens with one attached hydrogen (secondary N) is 1. The number of aliphatic hydroxyl groups excluding tert-OH is 3. The van der Waals surface area contributed by atoms with E-state index < -0.39 is 35.9 Å². The van der Waals surface area contributed by atoms with Crippen molar-refractivity contribution in [2.24, 2.45) is 11.8 Å². The van der Waals surface area contributed by atoms with Crippen molar-refractivity contribution in [2.45, 2.75) is 82.0 Å². The first kappa shape index (κ1) is 22.9. The van der Waals surface area contributed by atoms with Crippen LogP contribution in [0, 0.1) is 11.8 Å². The van der Waals surface area contributed by atoms with Gasteiger partial charge in [0.1, 0.15) is 29.9 Å². The van der Waals surface area contributed by atoms with E-state index in [-0.39, 0.29) is 17.9 Å². The molecule has 2 aliphatic heterocycles. The van der Waals surface area contributed by atoms with E-state index in [9.17, 15) is 20.1 Å². The van der Waals surface area contributed by atoms with E-state index >= 15 is 0 Å². The Morgan fingerprint density at radius 1 is 1.26 bits per heavy atom. The molecule has 158 valence electrons. The lowest BCUT2D eigenvalue weighted by Gasteiger charge is -2.44. The SMILES string of the molecule is CCC[C@@H]1C[C@H](C(=O)N[C@H](C(C)C)[C@@H]2O[C@H](SC)[C@H](O)[C@H](O)[C@@H]2O)N(C)C1. The summed E-state index contributed by atoms with van der Waals surface area (Å²) in [6, 6.07) is -0.640. The van der Waals surface area contributed by atoms with E-state index in [1.165, 1.54) is 11.8 Å². The van der Waals surface area contributed by atoms with Crippen LogP contribution in [-0.2, 0) is 9.53 Å². The van der Waals surface area contributed by atoms with Crippen LogP contribution in [0.25, 0.3) is 0 Å². The van der Waals surface area contributed by atoms with Crippen molar-refractivity contribution >= 4 is 17.7 Å². The predicted octanol–water partition coefficient (Wildman–Crippen LogP) is 0.418. The number of hydrogen-bond donors (Lipinski definition) is 4. The van der Waals surface area contributed by atoms with Gasteiger partial charge in [0.05, 0.1) is 12.1 Å². The Hall–Kier alpha value is -0.380. The van der Waals surface area contributed by atoms with Crippen LogP contribution in [0.3, 0.4) is 0 Å². The van der Waals surface area contributed by atoms with E-state index in [0.717, 1.165) is 25.8 Å². The van der Waals surface area contributed by atoms with Crippen LogP contribution in [0.4, 0.5) is 0 Å². The van der Waals surface area contributed by atoms with Gasteiger partial charge in [-0.05, 0) is 38.0 Å². The third-order valence-electron chi connectivity index (χ3n) is 5.85. The standard InChI is InChI=1S/C19H36N2O5S/c1-6-7-11-8-12(21(4)9-11)18(25)20-13(10(2)3)17-15(23)14(22)16(24)19(26-17)27-5/h10-17,19,22-24H,6-9H2,1-5H3,(H,20,25)/t11-,12-,13-,14-,15+,16-,17+,19-/m1/s1. The third kappa shape index (κ3) is 5.16. The number of hydrogen-bond acceptors (Lipinski definition) is 7. The van der Waals surface area contributed by atoms with Crippen LogP contribution in [0.5, 0.6) is 0 Å². The highest BCUT2D eigenvalue weighted by Gasteiger charge is 2.48. The molecule has 0 aliphatic carbocycles. The number of rotatable bonds is 7. The lowest BCUT2D eigenvalue weighted by molar-refractivity contribution is -0.208. The summed E-state index contributed by atoms with van der Waals surface area (Å²) in [5.41, 5.74) is -0.644. The van der Waals surface area contributed by atoms with Crippen molar-refractivity contribution in [3.8, 4) is 0 Å². The molecule has 2 fully saturated rings. The topological polar surface area (TPSA) is 102 Å². The van der Waals surface area contributed by atoms with E-state index in [2.05, 4.69) is 17.1 Å². The Bertz CT molecular complexity index is 493. The number of likely N-dealkylation sites (tertiary alicyclic amines) is 1. The Morgan fingerprint density at radius 2 is 1.93 bits per heavy atom. The van der Waals surface area contributed by atoms with E-state index in [4.69, 9.17) is 4.74 Å². The Labute approximate surface area is 166 Å². The van der Waals surface area contributed by atoms with Crippen LogP contribution < -0.4 is 5.32 Å². The molecule has 2 rings (SSSR count). The van der Waals surface area contributed by atoms with Gasteiger partial charge in [-0.25, -0.2) is 0 Å². The van der Waals surface area contributed by atoms with Gasteiger partial charge in [0.2, 0.25) is 5.91 Å². The highest BCUT2D eigenvalue weighted by molar-refractivity contribution is 7.99. The fourth-order valence-electron chi connectivity index (χ4n) is 4.28. The number of carbonyl (C=O) groups excluding carboxylic acids is 1. The molecule has 1 amide bonds. The minimum atomic E-state index is -1.30. The molecular weight excluding hydrogens is 368 g/mol. The zero-order chi connectivity index (χ0) is 20.3. The van der Waals surface area contributed by atoms with Gasteiger partial charge in [-0.15, -0.1) is 11.8 Å². The van der Waals surface area contributed by atoms with Gasteiger partial charge in [0.15, 0.2) is 0 Å². The van der Waals surface area contributed by atoms with E-state index in [0.29, 0.717) is 5.92 Å². The summed E-state index contributed by atoms with van der Waals surface area (Å²) in [4.78, 5) is 15.1. The van der Waals surface area contributed by atoms with Crippen molar-refractivity contribution in [2.75, 3.05) is 19.8 Å². The molecule has 0 aromatic rings. The molecule has 0 spiro atoms. The lowest BCUT2D eigenvalue weighted by atomic mass is 9.88. The van der Waals surface area contributed by atoms with Gasteiger partial charge >= 0.3 is 0 Å². The predicted molar refractivity (Wildman–Crippen MR) is 106 cm³/mol. The fourth-order valence-corrected chi connectivity index (χ4v) is 4.96. The zero-order valence-electron chi connectivity index (χ0n) is 17.0. The van der Waals surface area contributed by atoms with Crippen molar-refractivity contribution in [1.82, 2.24) is 10.2 Å². The van der Waals surface area contributed by atoms with Gasteiger partial charge < -0.3 is 25.4 Å². The molecule has 0 radical (unpaired) electrons. The Balaban J connectivity index is 2.09. The van der Waals surface area contributed by atoms with Gasteiger partial charge in [-0.1, -0.05) is 27.2 Å². The second kappa shape index (κ2) is 9.89. The van der Waals surface area contributed by atoms with Crippen LogP contribution in [-0.4, -0.2) is 87.9 Å². The second-order valence-electron chi connectivity index (χ2n) is 8.30. The molecule has 8 atom stereocenters. The average molecular weight is 405 g/mol. The summed E-state index contributed by atoms with van der Waals surface area (Å²) in [6.07, 6.45) is 0.343. The van der Waals surface area contributed by atoms with Crippen LogP contribution in [0.15, 0.2) is 0 Å². The molecule has 0 unspecified atom stereocenters. The normalized spacial score (nSPS) is 38.9. The van der Waals surface area contributed by atoms with Crippen molar-refractivity contribution in [3.63, 3.8) is 0 Å². The number of thioether (sulfide) groups is 1. The minimum absolute atomic E-state index is 0.00306. The number of ether oxygens (including phenoxy) is 1. The zero-order valence-corrected chi connectivity index (χ0v) is 17.9. The molecule has 4 N–H and O–H groups in total. The molecular formula is C19H36N2O5S. The van der Waals surface area contributed by atoms with Crippen LogP contribution in [0.2, 0.25) is 0 Å². The summed E-state index contributed by atoms with van der Waals surface area (Å²) >= 11 is 1.28. The highest BCUT2D eigenvalue weighted by atomic mass is 32.2. The number of likely N-dealkylation sites (N-methyl/N-ethyl adjacent to an activating group) is 1. The van der Waals surface area contributed by atoms with Crippen molar-refractivity contribution < 1.29 is 24.9 Å². The van der Waals surface area contributed by atoms with Crippen molar-refractivity contribution in [1.29, 1.82) is 0 Å². The van der Waals surface area contributed by atoms with E-state index in [1.54, 1.807) is 6.26 Å². The maximum absolute atomic E-state index is 13.0. The number of amides is 1. The van der Waals surface area contributed by atoms with Crippen LogP contribution in [0.1, 0.15) is 40.0 Å².